The fourth-order valence-electron chi connectivity index (χ4n) is 4.37. The summed E-state index contributed by atoms with van der Waals surface area (Å²) in [4.78, 5) is 74.0. The number of carbonyl (C=O) groups excluding carboxylic acids is 6. The van der Waals surface area contributed by atoms with E-state index in [9.17, 15) is 28.8 Å². The first-order valence-corrected chi connectivity index (χ1v) is 17.5. The summed E-state index contributed by atoms with van der Waals surface area (Å²) >= 11 is 0. The van der Waals surface area contributed by atoms with Crippen LogP contribution in [-0.2, 0) is 4.74 Å². The van der Waals surface area contributed by atoms with Gasteiger partial charge in [0.2, 0.25) is 0 Å². The number of hydrogen-bond donors (Lipinski definition) is 11. The average molecular weight is 730 g/mol. The molecule has 0 rings (SSSR count). The van der Waals surface area contributed by atoms with Gasteiger partial charge in [-0.05, 0) is 73.6 Å². The van der Waals surface area contributed by atoms with E-state index in [2.05, 4.69) is 58.5 Å². The van der Waals surface area contributed by atoms with Crippen LogP contribution in [-0.4, -0.2) is 111 Å². The van der Waals surface area contributed by atoms with Crippen molar-refractivity contribution in [1.82, 2.24) is 58.5 Å². The van der Waals surface area contributed by atoms with Gasteiger partial charge in [0.15, 0.2) is 0 Å². The van der Waals surface area contributed by atoms with Gasteiger partial charge in [-0.2, -0.15) is 0 Å². The summed E-state index contributed by atoms with van der Waals surface area (Å²) in [6.07, 6.45) is 0.0741. The molecule has 0 radical (unpaired) electrons. The first-order valence-electron chi connectivity index (χ1n) is 17.5. The van der Waals surface area contributed by atoms with Gasteiger partial charge < -0.3 is 63.2 Å². The highest BCUT2D eigenvalue weighted by Crippen LogP contribution is 2.09. The molecular weight excluding hydrogens is 662 g/mol. The molecule has 0 bridgehead atoms. The van der Waals surface area contributed by atoms with Gasteiger partial charge in [-0.3, -0.25) is 0 Å². The topological polar surface area (TPSA) is 244 Å². The highest BCUT2D eigenvalue weighted by molar-refractivity contribution is 5.77. The van der Waals surface area contributed by atoms with Crippen molar-refractivity contribution in [3.8, 4) is 0 Å². The number of amides is 11. The number of rotatable bonds is 18. The normalized spacial score (nSPS) is 13.5. The highest BCUT2D eigenvalue weighted by Gasteiger charge is 2.27. The van der Waals surface area contributed by atoms with Crippen molar-refractivity contribution in [2.24, 2.45) is 11.8 Å². The Kier molecular flexibility index (Phi) is 19.9. The zero-order valence-electron chi connectivity index (χ0n) is 33.0. The maximum atomic E-state index is 12.7. The Hall–Kier alpha value is -4.38. The Balaban J connectivity index is 4.70. The number of urea groups is 5. The van der Waals surface area contributed by atoms with Gasteiger partial charge in [-0.15, -0.1) is 0 Å². The zero-order chi connectivity index (χ0) is 39.6. The number of alkyl carbamates (subject to hydrolysis) is 1. The molecular formula is C33H67N11O7. The van der Waals surface area contributed by atoms with Crippen LogP contribution in [0, 0.1) is 11.8 Å². The molecule has 0 aromatic rings. The van der Waals surface area contributed by atoms with Crippen LogP contribution < -0.4 is 58.5 Å². The first-order chi connectivity index (χ1) is 23.3. The van der Waals surface area contributed by atoms with Crippen LogP contribution in [0.5, 0.6) is 0 Å². The molecule has 0 aliphatic heterocycles. The van der Waals surface area contributed by atoms with E-state index in [4.69, 9.17) is 4.74 Å². The lowest BCUT2D eigenvalue weighted by molar-refractivity contribution is 0.0472. The summed E-state index contributed by atoms with van der Waals surface area (Å²) in [5, 5.41) is 30.1. The van der Waals surface area contributed by atoms with Crippen LogP contribution in [0.4, 0.5) is 28.8 Å². The van der Waals surface area contributed by atoms with Crippen LogP contribution in [0.15, 0.2) is 0 Å². The lowest BCUT2D eigenvalue weighted by atomic mass is 10.0. The third kappa shape index (κ3) is 24.4. The minimum Gasteiger partial charge on any atom is -0.444 e. The van der Waals surface area contributed by atoms with E-state index in [0.29, 0.717) is 12.3 Å². The van der Waals surface area contributed by atoms with Gasteiger partial charge in [0.25, 0.3) is 0 Å². The van der Waals surface area contributed by atoms with Crippen LogP contribution in [0.1, 0.15) is 89.5 Å². The molecule has 0 heterocycles. The van der Waals surface area contributed by atoms with Gasteiger partial charge in [0, 0.05) is 51.9 Å². The predicted molar refractivity (Wildman–Crippen MR) is 197 cm³/mol. The van der Waals surface area contributed by atoms with Crippen molar-refractivity contribution < 1.29 is 33.5 Å². The molecule has 0 aromatic carbocycles. The molecule has 18 heteroatoms. The van der Waals surface area contributed by atoms with Gasteiger partial charge in [-0.25, -0.2) is 28.8 Å². The van der Waals surface area contributed by atoms with Crippen molar-refractivity contribution in [3.63, 3.8) is 0 Å². The van der Waals surface area contributed by atoms with Crippen LogP contribution >= 0.6 is 0 Å². The van der Waals surface area contributed by atoms with Crippen molar-refractivity contribution in [3.05, 3.63) is 0 Å². The Morgan fingerprint density at radius 1 is 0.569 bits per heavy atom. The Morgan fingerprint density at radius 3 is 1.59 bits per heavy atom. The molecule has 11 N–H and O–H groups in total. The second-order valence-corrected chi connectivity index (χ2v) is 15.8. The summed E-state index contributed by atoms with van der Waals surface area (Å²) < 4.78 is 5.27. The molecule has 11 amide bonds. The van der Waals surface area contributed by atoms with Crippen molar-refractivity contribution >= 4 is 36.2 Å². The highest BCUT2D eigenvalue weighted by atomic mass is 16.6. The van der Waals surface area contributed by atoms with E-state index in [-0.39, 0.29) is 50.7 Å². The van der Waals surface area contributed by atoms with Crippen molar-refractivity contribution in [1.29, 1.82) is 0 Å². The Bertz CT molecular complexity index is 1140. The zero-order valence-corrected chi connectivity index (χ0v) is 33.0. The number of nitrogens with one attached hydrogen (secondary N) is 11. The molecule has 51 heavy (non-hydrogen) atoms. The molecule has 0 aliphatic rings. The third-order valence-corrected chi connectivity index (χ3v) is 7.05. The van der Waals surface area contributed by atoms with E-state index in [0.717, 1.165) is 0 Å². The summed E-state index contributed by atoms with van der Waals surface area (Å²) in [5.41, 5.74) is -2.26. The minimum atomic E-state index is -0.825. The van der Waals surface area contributed by atoms with E-state index in [1.807, 2.05) is 27.7 Å². The molecule has 0 saturated heterocycles. The maximum absolute atomic E-state index is 12.7. The van der Waals surface area contributed by atoms with Gasteiger partial charge in [-0.1, -0.05) is 27.7 Å². The molecule has 0 aromatic heterocycles. The molecule has 0 spiro atoms. The van der Waals surface area contributed by atoms with Crippen molar-refractivity contribution in [2.45, 2.75) is 124 Å². The number of carbonyl (C=O) groups is 6. The van der Waals surface area contributed by atoms with Gasteiger partial charge in [0.05, 0.1) is 17.1 Å². The monoisotopic (exact) mass is 730 g/mol. The van der Waals surface area contributed by atoms with E-state index in [1.54, 1.807) is 55.4 Å². The van der Waals surface area contributed by atoms with E-state index < -0.39 is 59.0 Å². The molecule has 0 aliphatic carbocycles. The average Bonchev–Trinajstić information content (AvgIpc) is 2.96. The SMILES string of the molecule is CNC(=O)NC[C@H](CC(C)C)NC(=O)NC[C@H](C)NC(=O)NC[C@@H](NC(=O)NCC(C)(C)NC(=O)NCC(C)(C)NC(=O)OC(C)(C)C)C(C)C. The molecule has 0 unspecified atom stereocenters. The van der Waals surface area contributed by atoms with Crippen LogP contribution in [0.3, 0.4) is 0 Å². The lowest BCUT2D eigenvalue weighted by Crippen LogP contribution is -2.59. The molecule has 0 fully saturated rings. The minimum absolute atomic E-state index is 0.0231. The Morgan fingerprint density at radius 2 is 1.06 bits per heavy atom. The smallest absolute Gasteiger partial charge is 0.408 e. The van der Waals surface area contributed by atoms with Crippen LogP contribution in [0.2, 0.25) is 0 Å². The second-order valence-electron chi connectivity index (χ2n) is 15.8. The van der Waals surface area contributed by atoms with Gasteiger partial charge in [0.1, 0.15) is 5.60 Å². The fraction of sp³-hybridized carbons (Fsp3) is 0.818. The molecule has 18 nitrogen and oxygen atoms in total. The fourth-order valence-corrected chi connectivity index (χ4v) is 4.37. The maximum Gasteiger partial charge on any atom is 0.408 e. The van der Waals surface area contributed by atoms with Crippen molar-refractivity contribution in [2.75, 3.05) is 39.8 Å². The number of hydrogen-bond acceptors (Lipinski definition) is 7. The summed E-state index contributed by atoms with van der Waals surface area (Å²) in [7, 11) is 1.51. The van der Waals surface area contributed by atoms with Gasteiger partial charge >= 0.3 is 36.2 Å². The number of ether oxygens (including phenoxy) is 1. The van der Waals surface area contributed by atoms with E-state index in [1.165, 1.54) is 7.05 Å². The Labute approximate surface area is 304 Å². The third-order valence-electron chi connectivity index (χ3n) is 7.05. The predicted octanol–water partition coefficient (Wildman–Crippen LogP) is 2.02. The lowest BCUT2D eigenvalue weighted by Gasteiger charge is -2.31. The second kappa shape index (κ2) is 21.8. The quantitative estimate of drug-likeness (QED) is 0.100. The largest absolute Gasteiger partial charge is 0.444 e. The van der Waals surface area contributed by atoms with Crippen LogP contribution in [0.25, 0.3) is 0 Å². The first kappa shape index (κ1) is 46.6. The van der Waals surface area contributed by atoms with E-state index >= 15 is 0 Å². The summed E-state index contributed by atoms with van der Waals surface area (Å²) in [6, 6.07) is -3.26. The summed E-state index contributed by atoms with van der Waals surface area (Å²) in [5.74, 6) is 0.273. The standard InChI is InChI=1S/C33H67N11O7/c1-20(2)14-23(16-36-25(45)34-13)41-27(47)35-15-22(5)40-26(46)37-17-24(21(3)4)42-28(48)38-18-32(9,10)43-29(49)39-19-33(11,12)44-30(50)51-31(6,7)8/h20-24H,14-19H2,1-13H3,(H,44,50)(H2,34,36,45)(H2,35,41,47)(H2,37,40,46)(H2,38,42,48)(H2,39,43,49)/t22-,23-,24+/m0/s1. The molecule has 0 saturated carbocycles. The molecule has 296 valence electrons. The summed E-state index contributed by atoms with van der Waals surface area (Å²) in [6.45, 7) is 22.7. The molecule has 3 atom stereocenters.